The number of rotatable bonds is 5. The molecule has 1 N–H and O–H groups in total. The van der Waals surface area contributed by atoms with Gasteiger partial charge in [-0.15, -0.1) is 0 Å². The largest absolute Gasteiger partial charge is 0.480 e. The Balaban J connectivity index is 2.02. The van der Waals surface area contributed by atoms with E-state index < -0.39 is 11.5 Å². The van der Waals surface area contributed by atoms with Gasteiger partial charge in [0.1, 0.15) is 11.1 Å². The van der Waals surface area contributed by atoms with E-state index in [1.807, 2.05) is 24.3 Å². The van der Waals surface area contributed by atoms with E-state index in [2.05, 4.69) is 4.98 Å². The van der Waals surface area contributed by atoms with E-state index in [9.17, 15) is 9.59 Å². The molecule has 0 aliphatic carbocycles. The molecule has 0 radical (unpaired) electrons. The number of carbonyl (C=O) groups is 2. The summed E-state index contributed by atoms with van der Waals surface area (Å²) in [6.07, 6.45) is 0.494. The highest BCUT2D eigenvalue weighted by atomic mass is 16.4. The molecule has 1 amide bonds. The molecule has 0 saturated carbocycles. The van der Waals surface area contributed by atoms with Crippen molar-refractivity contribution in [3.8, 4) is 0 Å². The van der Waals surface area contributed by atoms with Gasteiger partial charge < -0.3 is 14.4 Å². The van der Waals surface area contributed by atoms with E-state index in [4.69, 9.17) is 9.52 Å². The highest BCUT2D eigenvalue weighted by molar-refractivity contribution is 5.86. The lowest BCUT2D eigenvalue weighted by atomic mass is 10.0. The summed E-state index contributed by atoms with van der Waals surface area (Å²) in [7, 11) is 1.49. The van der Waals surface area contributed by atoms with Gasteiger partial charge in [-0.1, -0.05) is 12.1 Å². The molecule has 0 saturated heterocycles. The van der Waals surface area contributed by atoms with E-state index in [0.717, 1.165) is 5.52 Å². The molecule has 0 aliphatic rings. The fourth-order valence-electron chi connectivity index (χ4n) is 1.86. The van der Waals surface area contributed by atoms with Crippen molar-refractivity contribution in [1.29, 1.82) is 0 Å². The zero-order valence-electron chi connectivity index (χ0n) is 12.3. The van der Waals surface area contributed by atoms with Crippen LogP contribution in [0.5, 0.6) is 0 Å². The lowest BCUT2D eigenvalue weighted by Gasteiger charge is -2.31. The van der Waals surface area contributed by atoms with Crippen LogP contribution in [-0.2, 0) is 16.0 Å². The van der Waals surface area contributed by atoms with Crippen molar-refractivity contribution in [3.63, 3.8) is 0 Å². The lowest BCUT2D eigenvalue weighted by molar-refractivity contribution is -0.155. The molecule has 6 heteroatoms. The smallest absolute Gasteiger partial charge is 0.329 e. The number of fused-ring (bicyclic) bond motifs is 1. The molecule has 2 aromatic rings. The predicted molar refractivity (Wildman–Crippen MR) is 76.8 cm³/mol. The van der Waals surface area contributed by atoms with Crippen molar-refractivity contribution in [1.82, 2.24) is 9.88 Å². The quantitative estimate of drug-likeness (QED) is 0.911. The van der Waals surface area contributed by atoms with Crippen LogP contribution in [0.2, 0.25) is 0 Å². The summed E-state index contributed by atoms with van der Waals surface area (Å²) < 4.78 is 5.53. The maximum Gasteiger partial charge on any atom is 0.329 e. The Bertz CT molecular complexity index is 642. The number of carboxylic acids is 1. The standard InChI is InChI=1S/C15H18N2O4/c1-15(2,14(19)20)17(3)13(18)9-8-12-16-10-6-4-5-7-11(10)21-12/h4-7H,8-9H2,1-3H3,(H,19,20). The first-order valence-electron chi connectivity index (χ1n) is 6.67. The number of oxazole rings is 1. The summed E-state index contributed by atoms with van der Waals surface area (Å²) >= 11 is 0. The van der Waals surface area contributed by atoms with E-state index in [1.54, 1.807) is 0 Å². The van der Waals surface area contributed by atoms with Gasteiger partial charge in [-0.2, -0.15) is 0 Å². The lowest BCUT2D eigenvalue weighted by Crippen LogP contribution is -2.50. The number of nitrogens with zero attached hydrogens (tertiary/aromatic N) is 2. The third-order valence-electron chi connectivity index (χ3n) is 3.63. The second-order valence-electron chi connectivity index (χ2n) is 5.39. The number of likely N-dealkylation sites (N-methyl/N-ethyl adjacent to an activating group) is 1. The van der Waals surface area contributed by atoms with Crippen molar-refractivity contribution >= 4 is 23.0 Å². The molecule has 112 valence electrons. The molecule has 0 unspecified atom stereocenters. The molecular weight excluding hydrogens is 272 g/mol. The van der Waals surface area contributed by atoms with Crippen molar-refractivity contribution in [3.05, 3.63) is 30.2 Å². The molecule has 0 atom stereocenters. The van der Waals surface area contributed by atoms with Gasteiger partial charge in [0, 0.05) is 19.9 Å². The number of hydrogen-bond donors (Lipinski definition) is 1. The summed E-state index contributed by atoms with van der Waals surface area (Å²) in [6.45, 7) is 2.99. The van der Waals surface area contributed by atoms with Crippen LogP contribution < -0.4 is 0 Å². The minimum Gasteiger partial charge on any atom is -0.480 e. The average Bonchev–Trinajstić information content (AvgIpc) is 2.86. The average molecular weight is 290 g/mol. The summed E-state index contributed by atoms with van der Waals surface area (Å²) in [5, 5.41) is 9.12. The zero-order chi connectivity index (χ0) is 15.6. The Morgan fingerprint density at radius 3 is 2.62 bits per heavy atom. The third kappa shape index (κ3) is 3.04. The highest BCUT2D eigenvalue weighted by Crippen LogP contribution is 2.18. The molecule has 21 heavy (non-hydrogen) atoms. The fraction of sp³-hybridized carbons (Fsp3) is 0.400. The maximum absolute atomic E-state index is 12.1. The second-order valence-corrected chi connectivity index (χ2v) is 5.39. The molecule has 2 rings (SSSR count). The SMILES string of the molecule is CN(C(=O)CCc1nc2ccccc2o1)C(C)(C)C(=O)O. The van der Waals surface area contributed by atoms with Crippen molar-refractivity contribution in [2.75, 3.05) is 7.05 Å². The van der Waals surface area contributed by atoms with E-state index in [1.165, 1.54) is 25.8 Å². The van der Waals surface area contributed by atoms with Crippen LogP contribution in [0.1, 0.15) is 26.2 Å². The third-order valence-corrected chi connectivity index (χ3v) is 3.63. The summed E-state index contributed by atoms with van der Waals surface area (Å²) in [6, 6.07) is 7.37. The zero-order valence-corrected chi connectivity index (χ0v) is 12.3. The van der Waals surface area contributed by atoms with E-state index >= 15 is 0 Å². The van der Waals surface area contributed by atoms with Gasteiger partial charge in [-0.3, -0.25) is 4.79 Å². The van der Waals surface area contributed by atoms with Crippen LogP contribution in [0.3, 0.4) is 0 Å². The number of amides is 1. The van der Waals surface area contributed by atoms with Crippen LogP contribution >= 0.6 is 0 Å². The number of aromatic nitrogens is 1. The number of para-hydroxylation sites is 2. The maximum atomic E-state index is 12.1. The molecule has 0 aliphatic heterocycles. The van der Waals surface area contributed by atoms with E-state index in [0.29, 0.717) is 17.9 Å². The fourth-order valence-corrected chi connectivity index (χ4v) is 1.86. The molecular formula is C15H18N2O4. The second kappa shape index (κ2) is 5.55. The summed E-state index contributed by atoms with van der Waals surface area (Å²) in [5.74, 6) is -0.823. The Labute approximate surface area is 122 Å². The monoisotopic (exact) mass is 290 g/mol. The normalized spacial score (nSPS) is 11.6. The van der Waals surface area contributed by atoms with Crippen molar-refractivity contribution < 1.29 is 19.1 Å². The molecule has 0 fully saturated rings. The number of benzene rings is 1. The Morgan fingerprint density at radius 1 is 1.33 bits per heavy atom. The minimum absolute atomic E-state index is 0.153. The highest BCUT2D eigenvalue weighted by Gasteiger charge is 2.34. The van der Waals surface area contributed by atoms with Crippen molar-refractivity contribution in [2.24, 2.45) is 0 Å². The Hall–Kier alpha value is -2.37. The number of carboxylic acid groups (broad SMARTS) is 1. The molecule has 0 spiro atoms. The van der Waals surface area contributed by atoms with Gasteiger partial charge >= 0.3 is 5.97 Å². The summed E-state index contributed by atoms with van der Waals surface area (Å²) in [4.78, 5) is 28.7. The molecule has 6 nitrogen and oxygen atoms in total. The Morgan fingerprint density at radius 2 is 2.00 bits per heavy atom. The molecule has 1 aromatic heterocycles. The van der Waals surface area contributed by atoms with Gasteiger partial charge in [0.25, 0.3) is 0 Å². The van der Waals surface area contributed by atoms with Crippen LogP contribution in [0.15, 0.2) is 28.7 Å². The molecule has 0 bridgehead atoms. The Kier molecular flexibility index (Phi) is 3.97. The molecule has 1 heterocycles. The molecule has 1 aromatic carbocycles. The number of hydrogen-bond acceptors (Lipinski definition) is 4. The van der Waals surface area contributed by atoms with Crippen LogP contribution in [0.25, 0.3) is 11.1 Å². The van der Waals surface area contributed by atoms with Crippen LogP contribution in [0.4, 0.5) is 0 Å². The van der Waals surface area contributed by atoms with Gasteiger partial charge in [0.05, 0.1) is 0 Å². The van der Waals surface area contributed by atoms with Crippen LogP contribution in [-0.4, -0.2) is 39.5 Å². The number of aliphatic carboxylic acids is 1. The van der Waals surface area contributed by atoms with Gasteiger partial charge in [-0.05, 0) is 26.0 Å². The summed E-state index contributed by atoms with van der Waals surface area (Å²) in [5.41, 5.74) is 0.191. The predicted octanol–water partition coefficient (Wildman–Crippen LogP) is 2.08. The topological polar surface area (TPSA) is 83.6 Å². The van der Waals surface area contributed by atoms with Crippen molar-refractivity contribution in [2.45, 2.75) is 32.2 Å². The van der Waals surface area contributed by atoms with Gasteiger partial charge in [0.2, 0.25) is 5.91 Å². The number of aryl methyl sites for hydroxylation is 1. The van der Waals surface area contributed by atoms with Crippen LogP contribution in [0, 0.1) is 0 Å². The first kappa shape index (κ1) is 15.0. The van der Waals surface area contributed by atoms with Gasteiger partial charge in [0.15, 0.2) is 11.5 Å². The van der Waals surface area contributed by atoms with E-state index in [-0.39, 0.29) is 12.3 Å². The van der Waals surface area contributed by atoms with Gasteiger partial charge in [-0.25, -0.2) is 9.78 Å². The number of carbonyl (C=O) groups excluding carboxylic acids is 1. The first-order chi connectivity index (χ1) is 9.82. The minimum atomic E-state index is -1.24. The first-order valence-corrected chi connectivity index (χ1v) is 6.67.